The van der Waals surface area contributed by atoms with Crippen LogP contribution in [-0.4, -0.2) is 41.8 Å². The first-order chi connectivity index (χ1) is 10.5. The zero-order valence-electron chi connectivity index (χ0n) is 11.5. The van der Waals surface area contributed by atoms with Crippen molar-refractivity contribution in [2.75, 3.05) is 0 Å². The van der Waals surface area contributed by atoms with Crippen LogP contribution in [0.4, 0.5) is 0 Å². The molecule has 2 N–H and O–H groups in total. The van der Waals surface area contributed by atoms with Crippen LogP contribution >= 0.6 is 6.49 Å². The van der Waals surface area contributed by atoms with Gasteiger partial charge in [-0.15, -0.1) is 5.10 Å². The topological polar surface area (TPSA) is 115 Å². The number of fused-ring (bicyclic) bond motifs is 1. The van der Waals surface area contributed by atoms with Crippen molar-refractivity contribution in [2.24, 2.45) is 0 Å². The van der Waals surface area contributed by atoms with Crippen LogP contribution < -0.4 is 5.56 Å². The number of imidazole rings is 1. The van der Waals surface area contributed by atoms with Gasteiger partial charge >= 0.3 is 0 Å². The van der Waals surface area contributed by atoms with E-state index < -0.39 is 18.3 Å². The van der Waals surface area contributed by atoms with Gasteiger partial charge in [-0.2, -0.15) is 0 Å². The summed E-state index contributed by atoms with van der Waals surface area (Å²) in [6.45, 7) is -2.76. The van der Waals surface area contributed by atoms with Crippen molar-refractivity contribution in [3.63, 3.8) is 0 Å². The van der Waals surface area contributed by atoms with Crippen molar-refractivity contribution < 1.29 is 14.2 Å². The largest absolute Gasteiger partial charge is 0.345 e. The molecule has 11 heteroatoms. The number of ether oxygens (including phenoxy) is 1. The second kappa shape index (κ2) is 5.17. The quantitative estimate of drug-likeness (QED) is 0.777. The molecule has 2 aromatic heterocycles. The van der Waals surface area contributed by atoms with Crippen LogP contribution in [-0.2, 0) is 21.1 Å². The predicted molar refractivity (Wildman–Crippen MR) is 79.7 cm³/mol. The summed E-state index contributed by atoms with van der Waals surface area (Å²) in [5, 5.41) is 9.67. The predicted octanol–water partition coefficient (Wildman–Crippen LogP) is 0.630. The van der Waals surface area contributed by atoms with Crippen molar-refractivity contribution >= 4 is 29.5 Å². The molecule has 3 unspecified atom stereocenters. The smallest absolute Gasteiger partial charge is 0.295 e. The molecule has 2 aromatic rings. The van der Waals surface area contributed by atoms with Crippen molar-refractivity contribution in [1.29, 1.82) is 0 Å². The van der Waals surface area contributed by atoms with Gasteiger partial charge in [0, 0.05) is 12.1 Å². The van der Waals surface area contributed by atoms with Gasteiger partial charge in [0.2, 0.25) is 0 Å². The molecular weight excluding hydrogens is 329 g/mol. The van der Waals surface area contributed by atoms with Crippen LogP contribution in [0.3, 0.4) is 0 Å². The average molecular weight is 343 g/mol. The molecule has 1 saturated heterocycles. The highest BCUT2D eigenvalue weighted by atomic mass is 32.5. The lowest BCUT2D eigenvalue weighted by molar-refractivity contribution is -0.0951. The molecule has 9 nitrogen and oxygen atoms in total. The zero-order valence-corrected chi connectivity index (χ0v) is 13.2. The van der Waals surface area contributed by atoms with E-state index in [9.17, 15) is 9.69 Å². The van der Waals surface area contributed by atoms with Gasteiger partial charge in [0.15, 0.2) is 23.9 Å². The number of H-pyrrole nitrogens is 1. The molecule has 0 aromatic carbocycles. The van der Waals surface area contributed by atoms with E-state index in [1.807, 2.05) is 0 Å². The lowest BCUT2D eigenvalue weighted by Gasteiger charge is -2.20. The fourth-order valence-corrected chi connectivity index (χ4v) is 4.91. The minimum absolute atomic E-state index is 0.114. The minimum atomic E-state index is -2.76. The fourth-order valence-electron chi connectivity index (χ4n) is 2.52. The van der Waals surface area contributed by atoms with Gasteiger partial charge < -0.3 is 9.63 Å². The highest BCUT2D eigenvalue weighted by Gasteiger charge is 2.41. The summed E-state index contributed by atoms with van der Waals surface area (Å²) >= 11 is 5.18. The lowest BCUT2D eigenvalue weighted by Crippen LogP contribution is -2.15. The Kier molecular flexibility index (Phi) is 3.39. The van der Waals surface area contributed by atoms with Crippen molar-refractivity contribution in [3.05, 3.63) is 16.7 Å². The number of nitrogens with zero attached hydrogens (tertiary/aromatic N) is 4. The van der Waals surface area contributed by atoms with Gasteiger partial charge in [-0.05, 0) is 31.1 Å². The highest BCUT2D eigenvalue weighted by Crippen LogP contribution is 2.60. The molecule has 0 spiro atoms. The molecule has 1 aliphatic heterocycles. The fraction of sp³-hybridized carbons (Fsp3) is 0.636. The molecule has 3 atom stereocenters. The molecule has 2 fully saturated rings. The minimum Gasteiger partial charge on any atom is -0.345 e. The molecule has 118 valence electrons. The Morgan fingerprint density at radius 3 is 3.05 bits per heavy atom. The summed E-state index contributed by atoms with van der Waals surface area (Å²) in [5.41, 5.74) is 0.297. The van der Waals surface area contributed by atoms with Crippen LogP contribution in [0.2, 0.25) is 0 Å². The third-order valence-corrected chi connectivity index (χ3v) is 6.95. The molecule has 1 saturated carbocycles. The molecule has 0 amide bonds. The molecule has 22 heavy (non-hydrogen) atoms. The number of nitrogens with one attached hydrogen (secondary N) is 1. The Morgan fingerprint density at radius 2 is 2.27 bits per heavy atom. The second-order valence-electron chi connectivity index (χ2n) is 5.46. The SMILES string of the molecule is O=c1[nH]nnc2c1ncn2C1CCC(OP(O)(=S)C2CC2)O1. The third-order valence-electron chi connectivity index (χ3n) is 3.82. The van der Waals surface area contributed by atoms with Gasteiger partial charge in [0.1, 0.15) is 6.23 Å². The maximum atomic E-state index is 11.6. The van der Waals surface area contributed by atoms with E-state index in [4.69, 9.17) is 21.1 Å². The molecule has 1 aliphatic carbocycles. The van der Waals surface area contributed by atoms with E-state index >= 15 is 0 Å². The Bertz CT molecular complexity index is 818. The van der Waals surface area contributed by atoms with E-state index in [-0.39, 0.29) is 17.4 Å². The van der Waals surface area contributed by atoms with E-state index in [1.54, 1.807) is 4.57 Å². The number of hydrogen-bond acceptors (Lipinski definition) is 7. The first-order valence-corrected chi connectivity index (χ1v) is 9.73. The number of hydrogen-bond donors (Lipinski definition) is 2. The van der Waals surface area contributed by atoms with E-state index in [0.29, 0.717) is 18.5 Å². The monoisotopic (exact) mass is 343 g/mol. The molecular formula is C11H14N5O4PS. The number of rotatable bonds is 4. The van der Waals surface area contributed by atoms with Gasteiger partial charge in [-0.25, -0.2) is 10.1 Å². The van der Waals surface area contributed by atoms with Crippen molar-refractivity contribution in [3.8, 4) is 0 Å². The van der Waals surface area contributed by atoms with Crippen LogP contribution in [0.25, 0.3) is 11.2 Å². The summed E-state index contributed by atoms with van der Waals surface area (Å²) in [6.07, 6.45) is 3.73. The standard InChI is InChI=1S/C11H14N5O4PS/c17-11-9-10(13-15-14-11)16(5-12-9)7-3-4-8(19-7)20-21(18,22)6-1-2-6/h5-8H,1-4H2,(H,18,22)(H,13,14,17). The Labute approximate surface area is 129 Å². The maximum absolute atomic E-state index is 11.6. The van der Waals surface area contributed by atoms with Gasteiger partial charge in [0.25, 0.3) is 5.56 Å². The molecule has 0 radical (unpaired) electrons. The summed E-state index contributed by atoms with van der Waals surface area (Å²) in [7, 11) is 0. The average Bonchev–Trinajstić information content (AvgIpc) is 3.11. The molecule has 0 bridgehead atoms. The number of aromatic amines is 1. The van der Waals surface area contributed by atoms with Gasteiger partial charge in [0.05, 0.1) is 6.33 Å². The van der Waals surface area contributed by atoms with Crippen LogP contribution in [0.1, 0.15) is 31.9 Å². The third kappa shape index (κ3) is 2.50. The first-order valence-electron chi connectivity index (χ1n) is 6.99. The summed E-state index contributed by atoms with van der Waals surface area (Å²) in [6, 6.07) is 0. The van der Waals surface area contributed by atoms with Crippen LogP contribution in [0, 0.1) is 0 Å². The van der Waals surface area contributed by atoms with Crippen molar-refractivity contribution in [1.82, 2.24) is 25.0 Å². The van der Waals surface area contributed by atoms with E-state index in [2.05, 4.69) is 20.4 Å². The Balaban J connectivity index is 1.53. The molecule has 3 heterocycles. The van der Waals surface area contributed by atoms with Gasteiger partial charge in [-0.3, -0.25) is 13.9 Å². The maximum Gasteiger partial charge on any atom is 0.295 e. The number of aromatic nitrogens is 5. The summed E-state index contributed by atoms with van der Waals surface area (Å²) in [4.78, 5) is 25.8. The van der Waals surface area contributed by atoms with Gasteiger partial charge in [-0.1, -0.05) is 5.21 Å². The first kappa shape index (κ1) is 14.4. The van der Waals surface area contributed by atoms with Crippen LogP contribution in [0.5, 0.6) is 0 Å². The van der Waals surface area contributed by atoms with Crippen molar-refractivity contribution in [2.45, 2.75) is 43.9 Å². The summed E-state index contributed by atoms with van der Waals surface area (Å²) < 4.78 is 13.0. The Morgan fingerprint density at radius 1 is 1.45 bits per heavy atom. The lowest BCUT2D eigenvalue weighted by atomic mass is 10.3. The second-order valence-corrected chi connectivity index (χ2v) is 9.10. The molecule has 4 rings (SSSR count). The molecule has 2 aliphatic rings. The normalized spacial score (nSPS) is 28.0. The highest BCUT2D eigenvalue weighted by molar-refractivity contribution is 8.09. The summed E-state index contributed by atoms with van der Waals surface area (Å²) in [5.74, 6) is 0. The van der Waals surface area contributed by atoms with E-state index in [0.717, 1.165) is 12.8 Å². The Hall–Kier alpha value is -1.19. The van der Waals surface area contributed by atoms with Crippen LogP contribution in [0.15, 0.2) is 11.1 Å². The zero-order chi connectivity index (χ0) is 15.3. The van der Waals surface area contributed by atoms with E-state index in [1.165, 1.54) is 6.33 Å².